The zero-order valence-corrected chi connectivity index (χ0v) is 12.8. The molecule has 0 spiro atoms. The molecule has 0 radical (unpaired) electrons. The average Bonchev–Trinajstić information content (AvgIpc) is 3.15. The van der Waals surface area contributed by atoms with E-state index in [-0.39, 0.29) is 11.7 Å². The Labute approximate surface area is 133 Å². The van der Waals surface area contributed by atoms with Crippen molar-refractivity contribution in [2.45, 2.75) is 17.3 Å². The lowest BCUT2D eigenvalue weighted by Crippen LogP contribution is -2.23. The minimum atomic E-state index is -5.39. The fourth-order valence-corrected chi connectivity index (χ4v) is 2.65. The van der Waals surface area contributed by atoms with Crippen molar-refractivity contribution in [3.8, 4) is 23.0 Å². The lowest BCUT2D eigenvalue weighted by Gasteiger charge is -2.07. The largest absolute Gasteiger partial charge is 0.501 e. The Hall–Kier alpha value is -2.69. The molecule has 7 nitrogen and oxygen atoms in total. The molecule has 1 aromatic carbocycles. The molecule has 3 aromatic rings. The number of aromatic amines is 1. The SMILES string of the molecule is Cc1cc(-c2nc(-c3ccc(S(=O)(=O)C(F)(F)F)cc3)no2)n[nH]1. The Morgan fingerprint density at radius 1 is 1.17 bits per heavy atom. The molecule has 24 heavy (non-hydrogen) atoms. The molecule has 2 aromatic heterocycles. The number of nitrogens with one attached hydrogen (secondary N) is 1. The molecule has 0 atom stereocenters. The number of halogens is 3. The standard InChI is InChI=1S/C13H9F3N4O3S/c1-7-6-10(19-18-7)12-17-11(20-23-12)8-2-4-9(5-3-8)24(21,22)13(14,15)16/h2-6H,1H3,(H,18,19). The Balaban J connectivity index is 1.91. The molecule has 0 bridgehead atoms. The number of rotatable bonds is 3. The van der Waals surface area contributed by atoms with Gasteiger partial charge in [-0.05, 0) is 37.3 Å². The molecule has 0 aliphatic rings. The van der Waals surface area contributed by atoms with Gasteiger partial charge in [0.2, 0.25) is 5.82 Å². The van der Waals surface area contributed by atoms with Gasteiger partial charge in [-0.1, -0.05) is 5.16 Å². The highest BCUT2D eigenvalue weighted by molar-refractivity contribution is 7.92. The van der Waals surface area contributed by atoms with Gasteiger partial charge in [0.15, 0.2) is 5.69 Å². The lowest BCUT2D eigenvalue weighted by atomic mass is 10.2. The molecule has 1 N–H and O–H groups in total. The first-order valence-electron chi connectivity index (χ1n) is 6.46. The highest BCUT2D eigenvalue weighted by atomic mass is 32.2. The van der Waals surface area contributed by atoms with Gasteiger partial charge in [-0.15, -0.1) is 0 Å². The van der Waals surface area contributed by atoms with E-state index in [4.69, 9.17) is 4.52 Å². The topological polar surface area (TPSA) is 102 Å². The summed E-state index contributed by atoms with van der Waals surface area (Å²) in [6, 6.07) is 5.70. The average molecular weight is 358 g/mol. The molecule has 2 heterocycles. The van der Waals surface area contributed by atoms with Crippen LogP contribution in [0.5, 0.6) is 0 Å². The summed E-state index contributed by atoms with van der Waals surface area (Å²) in [5.41, 5.74) is -3.85. The highest BCUT2D eigenvalue weighted by Gasteiger charge is 2.46. The van der Waals surface area contributed by atoms with Gasteiger partial charge < -0.3 is 4.52 Å². The third kappa shape index (κ3) is 2.77. The highest BCUT2D eigenvalue weighted by Crippen LogP contribution is 2.31. The van der Waals surface area contributed by atoms with Crippen LogP contribution < -0.4 is 0 Å². The zero-order valence-electron chi connectivity index (χ0n) is 12.0. The number of sulfone groups is 1. The first kappa shape index (κ1) is 16.2. The Bertz CT molecular complexity index is 975. The van der Waals surface area contributed by atoms with E-state index in [2.05, 4.69) is 20.3 Å². The van der Waals surface area contributed by atoms with Gasteiger partial charge in [-0.2, -0.15) is 23.3 Å². The maximum Gasteiger partial charge on any atom is 0.501 e. The molecule has 0 unspecified atom stereocenters. The van der Waals surface area contributed by atoms with E-state index in [1.807, 2.05) is 0 Å². The van der Waals surface area contributed by atoms with Crippen molar-refractivity contribution in [1.29, 1.82) is 0 Å². The number of aromatic nitrogens is 4. The van der Waals surface area contributed by atoms with E-state index in [1.165, 1.54) is 12.1 Å². The van der Waals surface area contributed by atoms with Crippen molar-refractivity contribution in [3.63, 3.8) is 0 Å². The second-order valence-electron chi connectivity index (χ2n) is 4.83. The summed E-state index contributed by atoms with van der Waals surface area (Å²) in [4.78, 5) is 3.22. The van der Waals surface area contributed by atoms with Crippen LogP contribution >= 0.6 is 0 Å². The van der Waals surface area contributed by atoms with Crippen LogP contribution in [0.3, 0.4) is 0 Å². The van der Waals surface area contributed by atoms with E-state index in [0.717, 1.165) is 17.8 Å². The normalized spacial score (nSPS) is 12.5. The molecular weight excluding hydrogens is 349 g/mol. The van der Waals surface area contributed by atoms with Gasteiger partial charge in [-0.3, -0.25) is 5.10 Å². The van der Waals surface area contributed by atoms with Crippen molar-refractivity contribution < 1.29 is 26.1 Å². The molecule has 0 fully saturated rings. The quantitative estimate of drug-likeness (QED) is 0.772. The Kier molecular flexibility index (Phi) is 3.67. The van der Waals surface area contributed by atoms with E-state index in [1.54, 1.807) is 13.0 Å². The number of nitrogens with zero attached hydrogens (tertiary/aromatic N) is 3. The van der Waals surface area contributed by atoms with Gasteiger partial charge in [0, 0.05) is 11.3 Å². The van der Waals surface area contributed by atoms with Crippen LogP contribution in [0.2, 0.25) is 0 Å². The van der Waals surface area contributed by atoms with Crippen LogP contribution in [0.1, 0.15) is 5.69 Å². The molecule has 0 saturated carbocycles. The lowest BCUT2D eigenvalue weighted by molar-refractivity contribution is -0.0436. The van der Waals surface area contributed by atoms with Crippen molar-refractivity contribution in [1.82, 2.24) is 20.3 Å². The van der Waals surface area contributed by atoms with Gasteiger partial charge in [0.05, 0.1) is 4.90 Å². The fraction of sp³-hybridized carbons (Fsp3) is 0.154. The molecule has 0 aliphatic heterocycles. The summed E-state index contributed by atoms with van der Waals surface area (Å²) in [6.07, 6.45) is 0. The third-order valence-corrected chi connectivity index (χ3v) is 4.58. The van der Waals surface area contributed by atoms with Crippen LogP contribution in [0.4, 0.5) is 13.2 Å². The van der Waals surface area contributed by atoms with Crippen LogP contribution in [-0.4, -0.2) is 34.3 Å². The van der Waals surface area contributed by atoms with Crippen molar-refractivity contribution in [2.24, 2.45) is 0 Å². The molecule has 3 rings (SSSR count). The van der Waals surface area contributed by atoms with Crippen molar-refractivity contribution in [3.05, 3.63) is 36.0 Å². The summed E-state index contributed by atoms with van der Waals surface area (Å²) in [7, 11) is -5.39. The summed E-state index contributed by atoms with van der Waals surface area (Å²) in [6.45, 7) is 1.79. The van der Waals surface area contributed by atoms with Crippen molar-refractivity contribution in [2.75, 3.05) is 0 Å². The third-order valence-electron chi connectivity index (χ3n) is 3.08. The maximum atomic E-state index is 12.5. The molecule has 0 saturated heterocycles. The van der Waals surface area contributed by atoms with Crippen LogP contribution in [0.15, 0.2) is 39.8 Å². The number of aryl methyl sites for hydroxylation is 1. The first-order chi connectivity index (χ1) is 11.2. The summed E-state index contributed by atoms with van der Waals surface area (Å²) in [5, 5.41) is 10.3. The molecule has 126 valence electrons. The first-order valence-corrected chi connectivity index (χ1v) is 7.95. The van der Waals surface area contributed by atoms with E-state index < -0.39 is 20.2 Å². The summed E-state index contributed by atoms with van der Waals surface area (Å²) in [5.74, 6) is 0.225. The predicted octanol–water partition coefficient (Wildman–Crippen LogP) is 2.73. The second kappa shape index (κ2) is 5.44. The van der Waals surface area contributed by atoms with Gasteiger partial charge in [0.1, 0.15) is 0 Å². The van der Waals surface area contributed by atoms with E-state index in [9.17, 15) is 21.6 Å². The van der Waals surface area contributed by atoms with Crippen LogP contribution in [-0.2, 0) is 9.84 Å². The number of benzene rings is 1. The number of H-pyrrole nitrogens is 1. The second-order valence-corrected chi connectivity index (χ2v) is 6.77. The van der Waals surface area contributed by atoms with Gasteiger partial charge >= 0.3 is 5.51 Å². The number of alkyl halides is 3. The Morgan fingerprint density at radius 2 is 1.83 bits per heavy atom. The zero-order chi connectivity index (χ0) is 17.5. The molecule has 11 heteroatoms. The molecular formula is C13H9F3N4O3S. The van der Waals surface area contributed by atoms with Crippen LogP contribution in [0.25, 0.3) is 23.0 Å². The fourth-order valence-electron chi connectivity index (χ4n) is 1.89. The number of hydrogen-bond donors (Lipinski definition) is 1. The van der Waals surface area contributed by atoms with Gasteiger partial charge in [0.25, 0.3) is 15.7 Å². The molecule has 0 amide bonds. The van der Waals surface area contributed by atoms with Crippen molar-refractivity contribution >= 4 is 9.84 Å². The van der Waals surface area contributed by atoms with E-state index in [0.29, 0.717) is 11.3 Å². The van der Waals surface area contributed by atoms with Crippen LogP contribution in [0, 0.1) is 6.92 Å². The maximum absolute atomic E-state index is 12.5. The predicted molar refractivity (Wildman–Crippen MR) is 75.3 cm³/mol. The summed E-state index contributed by atoms with van der Waals surface area (Å²) < 4.78 is 65.1. The van der Waals surface area contributed by atoms with E-state index >= 15 is 0 Å². The van der Waals surface area contributed by atoms with Gasteiger partial charge in [-0.25, -0.2) is 8.42 Å². The smallest absolute Gasteiger partial charge is 0.332 e. The monoisotopic (exact) mass is 358 g/mol. The minimum absolute atomic E-state index is 0.0987. The Morgan fingerprint density at radius 3 is 2.38 bits per heavy atom. The number of hydrogen-bond acceptors (Lipinski definition) is 6. The summed E-state index contributed by atoms with van der Waals surface area (Å²) >= 11 is 0. The molecule has 0 aliphatic carbocycles. The minimum Gasteiger partial charge on any atom is -0.332 e.